The van der Waals surface area contributed by atoms with Crippen LogP contribution in [0.2, 0.25) is 0 Å². The van der Waals surface area contributed by atoms with Crippen molar-refractivity contribution >= 4 is 5.97 Å². The maximum atomic E-state index is 10.9. The molecule has 0 aliphatic carbocycles. The maximum absolute atomic E-state index is 10.9. The number of nitrogens with two attached hydrogens (primary N) is 1. The van der Waals surface area contributed by atoms with Gasteiger partial charge < -0.3 is 15.6 Å². The summed E-state index contributed by atoms with van der Waals surface area (Å²) in [5.41, 5.74) is 8.35. The quantitative estimate of drug-likeness (QED) is 0.819. The lowest BCUT2D eigenvalue weighted by Crippen LogP contribution is -2.06. The molecule has 2 aromatic rings. The fourth-order valence-electron chi connectivity index (χ4n) is 2.15. The summed E-state index contributed by atoms with van der Waals surface area (Å²) in [5.74, 6) is -0.0709. The fraction of sp³-hybridized carbons (Fsp3) is 0.235. The Morgan fingerprint density at radius 1 is 1.10 bits per heavy atom. The summed E-state index contributed by atoms with van der Waals surface area (Å²) in [6.07, 6.45) is 0.819. The zero-order valence-electron chi connectivity index (χ0n) is 11.8. The van der Waals surface area contributed by atoms with Crippen LogP contribution in [0, 0.1) is 0 Å². The molecule has 0 saturated carbocycles. The average Bonchev–Trinajstić information content (AvgIpc) is 2.47. The summed E-state index contributed by atoms with van der Waals surface area (Å²) >= 11 is 0. The van der Waals surface area contributed by atoms with E-state index < -0.39 is 5.97 Å². The van der Waals surface area contributed by atoms with Gasteiger partial charge in [0.05, 0.1) is 6.42 Å². The van der Waals surface area contributed by atoms with E-state index in [0.717, 1.165) is 28.9 Å². The van der Waals surface area contributed by atoms with Crippen molar-refractivity contribution in [1.82, 2.24) is 0 Å². The third kappa shape index (κ3) is 4.61. The monoisotopic (exact) mass is 285 g/mol. The van der Waals surface area contributed by atoms with Crippen LogP contribution in [0.25, 0.3) is 0 Å². The van der Waals surface area contributed by atoms with E-state index in [2.05, 4.69) is 0 Å². The van der Waals surface area contributed by atoms with E-state index in [4.69, 9.17) is 15.6 Å². The first kappa shape index (κ1) is 15.1. The summed E-state index contributed by atoms with van der Waals surface area (Å²) in [6, 6.07) is 15.2. The van der Waals surface area contributed by atoms with Gasteiger partial charge in [0.25, 0.3) is 0 Å². The molecule has 110 valence electrons. The lowest BCUT2D eigenvalue weighted by Gasteiger charge is -2.11. The van der Waals surface area contributed by atoms with Crippen molar-refractivity contribution in [1.29, 1.82) is 0 Å². The summed E-state index contributed by atoms with van der Waals surface area (Å²) < 4.78 is 5.77. The van der Waals surface area contributed by atoms with Gasteiger partial charge in [0.15, 0.2) is 0 Å². The highest BCUT2D eigenvalue weighted by atomic mass is 16.5. The Morgan fingerprint density at radius 3 is 2.57 bits per heavy atom. The van der Waals surface area contributed by atoms with Crippen molar-refractivity contribution < 1.29 is 14.6 Å². The summed E-state index contributed by atoms with van der Waals surface area (Å²) in [7, 11) is 0. The van der Waals surface area contributed by atoms with E-state index in [9.17, 15) is 4.79 Å². The SMILES string of the molecule is NCCc1cccc(OCc2ccccc2CC(=O)O)c1. The Bertz CT molecular complexity index is 610. The summed E-state index contributed by atoms with van der Waals surface area (Å²) in [4.78, 5) is 10.9. The highest BCUT2D eigenvalue weighted by Crippen LogP contribution is 2.17. The molecule has 21 heavy (non-hydrogen) atoms. The minimum absolute atomic E-state index is 0.00669. The molecule has 0 spiro atoms. The Balaban J connectivity index is 2.06. The van der Waals surface area contributed by atoms with Gasteiger partial charge in [0.1, 0.15) is 12.4 Å². The molecule has 0 saturated heterocycles. The van der Waals surface area contributed by atoms with Crippen LogP contribution >= 0.6 is 0 Å². The van der Waals surface area contributed by atoms with Crippen LogP contribution in [0.3, 0.4) is 0 Å². The molecule has 0 unspecified atom stereocenters. The van der Waals surface area contributed by atoms with E-state index in [-0.39, 0.29) is 6.42 Å². The van der Waals surface area contributed by atoms with Crippen molar-refractivity contribution in [2.45, 2.75) is 19.4 Å². The van der Waals surface area contributed by atoms with Gasteiger partial charge in [-0.1, -0.05) is 36.4 Å². The van der Waals surface area contributed by atoms with Crippen LogP contribution in [-0.4, -0.2) is 17.6 Å². The van der Waals surface area contributed by atoms with Gasteiger partial charge in [-0.15, -0.1) is 0 Å². The standard InChI is InChI=1S/C17H19NO3/c18-9-8-13-4-3-7-16(10-13)21-12-15-6-2-1-5-14(15)11-17(19)20/h1-7,10H,8-9,11-12,18H2,(H,19,20). The molecule has 0 fully saturated rings. The molecule has 0 aromatic heterocycles. The Labute approximate surface area is 124 Å². The average molecular weight is 285 g/mol. The van der Waals surface area contributed by atoms with Crippen molar-refractivity contribution in [3.63, 3.8) is 0 Å². The van der Waals surface area contributed by atoms with Gasteiger partial charge in [-0.05, 0) is 41.8 Å². The number of carboxylic acids is 1. The van der Waals surface area contributed by atoms with Crippen molar-refractivity contribution in [2.75, 3.05) is 6.54 Å². The van der Waals surface area contributed by atoms with Crippen LogP contribution in [0.4, 0.5) is 0 Å². The molecule has 4 heteroatoms. The van der Waals surface area contributed by atoms with E-state index in [1.54, 1.807) is 0 Å². The molecular formula is C17H19NO3. The van der Waals surface area contributed by atoms with Crippen LogP contribution in [0.15, 0.2) is 48.5 Å². The van der Waals surface area contributed by atoms with Crippen LogP contribution in [-0.2, 0) is 24.2 Å². The zero-order chi connectivity index (χ0) is 15.1. The van der Waals surface area contributed by atoms with Gasteiger partial charge in [-0.3, -0.25) is 4.79 Å². The molecule has 0 heterocycles. The molecular weight excluding hydrogens is 266 g/mol. The van der Waals surface area contributed by atoms with Gasteiger partial charge in [-0.25, -0.2) is 0 Å². The van der Waals surface area contributed by atoms with E-state index in [1.165, 1.54) is 0 Å². The first-order chi connectivity index (χ1) is 10.2. The van der Waals surface area contributed by atoms with E-state index >= 15 is 0 Å². The molecule has 4 nitrogen and oxygen atoms in total. The number of carbonyl (C=O) groups is 1. The van der Waals surface area contributed by atoms with Crippen LogP contribution in [0.1, 0.15) is 16.7 Å². The number of hydrogen-bond acceptors (Lipinski definition) is 3. The minimum Gasteiger partial charge on any atom is -0.489 e. The molecule has 2 rings (SSSR count). The van der Waals surface area contributed by atoms with Crippen molar-refractivity contribution in [3.05, 3.63) is 65.2 Å². The van der Waals surface area contributed by atoms with Gasteiger partial charge >= 0.3 is 5.97 Å². The maximum Gasteiger partial charge on any atom is 0.307 e. The molecule has 2 aromatic carbocycles. The summed E-state index contributed by atoms with van der Waals surface area (Å²) in [5, 5.41) is 8.92. The molecule has 3 N–H and O–H groups in total. The number of hydrogen-bond donors (Lipinski definition) is 2. The second-order valence-corrected chi connectivity index (χ2v) is 4.81. The van der Waals surface area contributed by atoms with Crippen LogP contribution < -0.4 is 10.5 Å². The predicted octanol–water partition coefficient (Wildman–Crippen LogP) is 2.39. The molecule has 0 aliphatic heterocycles. The second kappa shape index (κ2) is 7.45. The van der Waals surface area contributed by atoms with Crippen LogP contribution in [0.5, 0.6) is 5.75 Å². The highest BCUT2D eigenvalue weighted by molar-refractivity contribution is 5.70. The zero-order valence-corrected chi connectivity index (χ0v) is 11.8. The van der Waals surface area contributed by atoms with Gasteiger partial charge in [0, 0.05) is 0 Å². The van der Waals surface area contributed by atoms with E-state index in [1.807, 2.05) is 48.5 Å². The number of ether oxygens (including phenoxy) is 1. The lowest BCUT2D eigenvalue weighted by molar-refractivity contribution is -0.136. The highest BCUT2D eigenvalue weighted by Gasteiger charge is 2.07. The normalized spacial score (nSPS) is 10.3. The predicted molar refractivity (Wildman–Crippen MR) is 81.3 cm³/mol. The first-order valence-electron chi connectivity index (χ1n) is 6.89. The second-order valence-electron chi connectivity index (χ2n) is 4.81. The molecule has 0 amide bonds. The van der Waals surface area contributed by atoms with E-state index in [0.29, 0.717) is 13.2 Å². The van der Waals surface area contributed by atoms with Crippen molar-refractivity contribution in [3.8, 4) is 5.75 Å². The molecule has 0 bridgehead atoms. The lowest BCUT2D eigenvalue weighted by atomic mass is 10.1. The Hall–Kier alpha value is -2.33. The minimum atomic E-state index is -0.840. The van der Waals surface area contributed by atoms with Gasteiger partial charge in [0.2, 0.25) is 0 Å². The third-order valence-electron chi connectivity index (χ3n) is 3.19. The topological polar surface area (TPSA) is 72.5 Å². The number of benzene rings is 2. The summed E-state index contributed by atoms with van der Waals surface area (Å²) in [6.45, 7) is 0.959. The van der Waals surface area contributed by atoms with Gasteiger partial charge in [-0.2, -0.15) is 0 Å². The largest absolute Gasteiger partial charge is 0.489 e. The molecule has 0 aliphatic rings. The number of carboxylic acid groups (broad SMARTS) is 1. The molecule has 0 atom stereocenters. The van der Waals surface area contributed by atoms with Crippen molar-refractivity contribution in [2.24, 2.45) is 5.73 Å². The Kier molecular flexibility index (Phi) is 5.35. The molecule has 0 radical (unpaired) electrons. The third-order valence-corrected chi connectivity index (χ3v) is 3.19. The first-order valence-corrected chi connectivity index (χ1v) is 6.89. The number of aliphatic carboxylic acids is 1. The Morgan fingerprint density at radius 2 is 1.86 bits per heavy atom. The number of rotatable bonds is 7. The smallest absolute Gasteiger partial charge is 0.307 e. The fourth-order valence-corrected chi connectivity index (χ4v) is 2.15.